The Morgan fingerprint density at radius 2 is 2.36 bits per heavy atom. The molecule has 0 aliphatic carbocycles. The maximum atomic E-state index is 9.89. The van der Waals surface area contributed by atoms with Crippen molar-refractivity contribution in [1.82, 2.24) is 0 Å². The minimum atomic E-state index is -1.15. The molecule has 1 saturated heterocycles. The first-order chi connectivity index (χ1) is 4.66. The second-order valence-electron chi connectivity index (χ2n) is 2.32. The van der Waals surface area contributed by atoms with Crippen molar-refractivity contribution < 1.29 is 19.0 Å². The van der Waals surface area contributed by atoms with Crippen molar-refractivity contribution in [1.29, 1.82) is 0 Å². The normalized spacial score (nSPS) is 36.0. The van der Waals surface area contributed by atoms with Gasteiger partial charge < -0.3 is 14.2 Å². The molecule has 1 rings (SSSR count). The monoisotopic (exact) mass is 186 g/mol. The molecule has 1 fully saturated rings. The van der Waals surface area contributed by atoms with Crippen molar-refractivity contribution in [2.75, 3.05) is 6.61 Å². The van der Waals surface area contributed by atoms with E-state index in [9.17, 15) is 4.79 Å². The van der Waals surface area contributed by atoms with Crippen LogP contribution >= 0.6 is 0 Å². The third-order valence-corrected chi connectivity index (χ3v) is 1.26. The summed E-state index contributed by atoms with van der Waals surface area (Å²) in [5, 5.41) is 0. The van der Waals surface area contributed by atoms with Crippen LogP contribution in [0, 0.1) is 0 Å². The van der Waals surface area contributed by atoms with Gasteiger partial charge in [0.1, 0.15) is 0 Å². The van der Waals surface area contributed by atoms with Gasteiger partial charge in [0.25, 0.3) is 6.47 Å². The van der Waals surface area contributed by atoms with Gasteiger partial charge in [-0.1, -0.05) is 0 Å². The van der Waals surface area contributed by atoms with Crippen molar-refractivity contribution in [3.8, 4) is 0 Å². The van der Waals surface area contributed by atoms with Crippen LogP contribution in [0.4, 0.5) is 0 Å². The van der Waals surface area contributed by atoms with E-state index < -0.39 is 5.97 Å². The van der Waals surface area contributed by atoms with E-state index in [-0.39, 0.29) is 57.5 Å². The SMILES string of the molecule is CC1COC(C)(OC=O)O1.[KH]. The van der Waals surface area contributed by atoms with E-state index >= 15 is 0 Å². The second kappa shape index (κ2) is 4.91. The number of ether oxygens (including phenoxy) is 3. The van der Waals surface area contributed by atoms with Crippen LogP contribution in [0.25, 0.3) is 0 Å². The molecule has 2 unspecified atom stereocenters. The summed E-state index contributed by atoms with van der Waals surface area (Å²) < 4.78 is 14.7. The van der Waals surface area contributed by atoms with Crippen LogP contribution in [0.3, 0.4) is 0 Å². The zero-order valence-corrected chi connectivity index (χ0v) is 5.99. The van der Waals surface area contributed by atoms with Gasteiger partial charge in [0, 0.05) is 6.92 Å². The van der Waals surface area contributed by atoms with Crippen molar-refractivity contribution in [3.63, 3.8) is 0 Å². The molecule has 60 valence electrons. The molecule has 1 aliphatic heterocycles. The molecule has 2 atom stereocenters. The molecule has 0 radical (unpaired) electrons. The van der Waals surface area contributed by atoms with E-state index in [0.29, 0.717) is 13.1 Å². The van der Waals surface area contributed by atoms with Gasteiger partial charge in [0.15, 0.2) is 0 Å². The van der Waals surface area contributed by atoms with E-state index in [4.69, 9.17) is 9.47 Å². The summed E-state index contributed by atoms with van der Waals surface area (Å²) in [6.07, 6.45) is -0.00931. The van der Waals surface area contributed by atoms with Crippen molar-refractivity contribution >= 4 is 57.9 Å². The Morgan fingerprint density at radius 1 is 1.73 bits per heavy atom. The number of rotatable bonds is 2. The summed E-state index contributed by atoms with van der Waals surface area (Å²) in [4.78, 5) is 9.89. The molecule has 0 aromatic carbocycles. The molecule has 0 saturated carbocycles. The van der Waals surface area contributed by atoms with Crippen molar-refractivity contribution in [2.24, 2.45) is 0 Å². The van der Waals surface area contributed by atoms with Gasteiger partial charge in [0.05, 0.1) is 12.7 Å². The van der Waals surface area contributed by atoms with Crippen LogP contribution < -0.4 is 0 Å². The predicted molar refractivity (Wildman–Crippen MR) is 39.2 cm³/mol. The Balaban J connectivity index is 0.000001000. The van der Waals surface area contributed by atoms with Gasteiger partial charge in [-0.2, -0.15) is 0 Å². The summed E-state index contributed by atoms with van der Waals surface area (Å²) in [6.45, 7) is 4.19. The van der Waals surface area contributed by atoms with Crippen molar-refractivity contribution in [2.45, 2.75) is 25.9 Å². The van der Waals surface area contributed by atoms with Crippen LogP contribution in [-0.4, -0.2) is 76.5 Å². The topological polar surface area (TPSA) is 44.8 Å². The van der Waals surface area contributed by atoms with Crippen LogP contribution in [0.1, 0.15) is 13.8 Å². The number of carbonyl (C=O) groups is 1. The molecular weight excluding hydrogens is 175 g/mol. The van der Waals surface area contributed by atoms with Crippen LogP contribution in [0.5, 0.6) is 0 Å². The Hall–Kier alpha value is 1.03. The van der Waals surface area contributed by atoms with Gasteiger partial charge in [-0.05, 0) is 6.92 Å². The summed E-state index contributed by atoms with van der Waals surface area (Å²) >= 11 is 0. The first kappa shape index (κ1) is 12.0. The van der Waals surface area contributed by atoms with Crippen molar-refractivity contribution in [3.05, 3.63) is 0 Å². The van der Waals surface area contributed by atoms with Gasteiger partial charge in [-0.3, -0.25) is 4.79 Å². The summed E-state index contributed by atoms with van der Waals surface area (Å²) in [7, 11) is 0. The molecule has 0 aromatic rings. The third-order valence-electron chi connectivity index (χ3n) is 1.26. The van der Waals surface area contributed by atoms with Gasteiger partial charge in [-0.25, -0.2) is 0 Å². The van der Waals surface area contributed by atoms with E-state index in [0.717, 1.165) is 0 Å². The first-order valence-electron chi connectivity index (χ1n) is 3.09. The molecule has 1 heterocycles. The first-order valence-corrected chi connectivity index (χ1v) is 3.09. The molecule has 0 bridgehead atoms. The number of carbonyl (C=O) groups excluding carboxylic acids is 1. The van der Waals surface area contributed by atoms with Crippen LogP contribution in [-0.2, 0) is 19.0 Å². The zero-order chi connectivity index (χ0) is 7.61. The average Bonchev–Trinajstić information content (AvgIpc) is 2.12. The number of hydrogen-bond acceptors (Lipinski definition) is 4. The fourth-order valence-electron chi connectivity index (χ4n) is 0.851. The summed E-state index contributed by atoms with van der Waals surface area (Å²) in [6, 6.07) is 0. The molecule has 4 nitrogen and oxygen atoms in total. The van der Waals surface area contributed by atoms with E-state index in [1.54, 1.807) is 6.92 Å². The predicted octanol–water partition coefficient (Wildman–Crippen LogP) is -0.380. The molecule has 0 amide bonds. The molecule has 0 aromatic heterocycles. The summed E-state index contributed by atoms with van der Waals surface area (Å²) in [5.74, 6) is -1.15. The Morgan fingerprint density at radius 3 is 2.73 bits per heavy atom. The molecule has 5 heteroatoms. The summed E-state index contributed by atoms with van der Waals surface area (Å²) in [5.41, 5.74) is 0. The molecular formula is C6H11KO4. The van der Waals surface area contributed by atoms with E-state index in [1.165, 1.54) is 0 Å². The molecule has 0 spiro atoms. The fourth-order valence-corrected chi connectivity index (χ4v) is 0.851. The average molecular weight is 186 g/mol. The van der Waals surface area contributed by atoms with E-state index in [1.807, 2.05) is 6.92 Å². The minimum absolute atomic E-state index is 0. The fraction of sp³-hybridized carbons (Fsp3) is 0.833. The maximum absolute atomic E-state index is 9.89. The molecule has 1 aliphatic rings. The third kappa shape index (κ3) is 3.50. The van der Waals surface area contributed by atoms with Crippen LogP contribution in [0.15, 0.2) is 0 Å². The van der Waals surface area contributed by atoms with Crippen LogP contribution in [0.2, 0.25) is 0 Å². The van der Waals surface area contributed by atoms with Gasteiger partial charge in [-0.15, -0.1) is 0 Å². The standard InChI is InChI=1S/C6H10O4.K.H/c1-5-3-8-6(2,10-5)9-4-7;;/h4-5H,3H2,1-2H3;;. The quantitative estimate of drug-likeness (QED) is 0.435. The second-order valence-corrected chi connectivity index (χ2v) is 2.32. The Bertz CT molecular complexity index is 141. The Labute approximate surface area is 108 Å². The zero-order valence-electron chi connectivity index (χ0n) is 5.99. The van der Waals surface area contributed by atoms with Gasteiger partial charge in [0.2, 0.25) is 0 Å². The number of hydrogen-bond donors (Lipinski definition) is 0. The Kier molecular flexibility index (Phi) is 5.37. The van der Waals surface area contributed by atoms with E-state index in [2.05, 4.69) is 4.74 Å². The molecule has 0 N–H and O–H groups in total. The molecule has 11 heavy (non-hydrogen) atoms. The van der Waals surface area contributed by atoms with Gasteiger partial charge >= 0.3 is 57.4 Å².